The van der Waals surface area contributed by atoms with Gasteiger partial charge in [0, 0.05) is 6.07 Å². The highest BCUT2D eigenvalue weighted by molar-refractivity contribution is 5.90. The Labute approximate surface area is 80.3 Å². The highest BCUT2D eigenvalue weighted by Gasteiger charge is 2.16. The van der Waals surface area contributed by atoms with Crippen LogP contribution < -0.4 is 0 Å². The van der Waals surface area contributed by atoms with Crippen LogP contribution in [0.5, 0.6) is 5.75 Å². The van der Waals surface area contributed by atoms with Gasteiger partial charge in [0.05, 0.1) is 12.3 Å². The second-order valence-corrected chi connectivity index (χ2v) is 2.98. The fourth-order valence-corrected chi connectivity index (χ4v) is 0.856. The fourth-order valence-electron chi connectivity index (χ4n) is 0.856. The largest absolute Gasteiger partial charge is 0.505 e. The third kappa shape index (κ3) is 2.42. The maximum Gasteiger partial charge on any atom is 0.361 e. The van der Waals surface area contributed by atoms with Crippen molar-refractivity contribution in [3.8, 4) is 5.75 Å². The number of esters is 1. The normalized spacial score (nSPS) is 10.3. The van der Waals surface area contributed by atoms with E-state index in [0.717, 1.165) is 12.3 Å². The maximum atomic E-state index is 12.5. The third-order valence-electron chi connectivity index (χ3n) is 1.37. The molecule has 1 N–H and O–H groups in total. The zero-order valence-corrected chi connectivity index (χ0v) is 7.82. The van der Waals surface area contributed by atoms with Gasteiger partial charge in [0.2, 0.25) is 0 Å². The molecule has 0 saturated carbocycles. The van der Waals surface area contributed by atoms with E-state index in [1.54, 1.807) is 13.8 Å². The predicted molar refractivity (Wildman–Crippen MR) is 46.4 cm³/mol. The summed E-state index contributed by atoms with van der Waals surface area (Å²) in [6.07, 6.45) is 0.533. The summed E-state index contributed by atoms with van der Waals surface area (Å²) >= 11 is 0. The number of hydrogen-bond donors (Lipinski definition) is 1. The van der Waals surface area contributed by atoms with Crippen molar-refractivity contribution in [3.05, 3.63) is 23.8 Å². The van der Waals surface area contributed by atoms with Crippen molar-refractivity contribution < 1.29 is 19.0 Å². The lowest BCUT2D eigenvalue weighted by atomic mass is 10.3. The molecule has 14 heavy (non-hydrogen) atoms. The standard InChI is InChI=1S/C9H10FNO3/c1-5(2)14-9(13)8-7(12)3-6(10)4-11-8/h3-5,12H,1-2H3. The number of rotatable bonds is 2. The minimum Gasteiger partial charge on any atom is -0.505 e. The molecule has 0 aromatic carbocycles. The number of halogens is 1. The average Bonchev–Trinajstić information content (AvgIpc) is 2.01. The van der Waals surface area contributed by atoms with E-state index in [0.29, 0.717) is 0 Å². The van der Waals surface area contributed by atoms with Crippen molar-refractivity contribution in [1.29, 1.82) is 0 Å². The molecule has 0 aliphatic carbocycles. The monoisotopic (exact) mass is 199 g/mol. The summed E-state index contributed by atoms with van der Waals surface area (Å²) in [5.74, 6) is -1.99. The lowest BCUT2D eigenvalue weighted by molar-refractivity contribution is 0.0367. The summed E-state index contributed by atoms with van der Waals surface area (Å²) in [5.41, 5.74) is -0.278. The van der Waals surface area contributed by atoms with Crippen LogP contribution in [0.1, 0.15) is 24.3 Å². The number of carbonyl (C=O) groups is 1. The number of nitrogens with zero attached hydrogens (tertiary/aromatic N) is 1. The van der Waals surface area contributed by atoms with Crippen LogP contribution in [-0.2, 0) is 4.74 Å². The molecule has 4 nitrogen and oxygen atoms in total. The molecule has 1 rings (SSSR count). The Morgan fingerprint density at radius 2 is 2.29 bits per heavy atom. The SMILES string of the molecule is CC(C)OC(=O)c1ncc(F)cc1O. The highest BCUT2D eigenvalue weighted by atomic mass is 19.1. The number of pyridine rings is 1. The topological polar surface area (TPSA) is 59.4 Å². The van der Waals surface area contributed by atoms with E-state index in [1.165, 1.54) is 0 Å². The third-order valence-corrected chi connectivity index (χ3v) is 1.37. The van der Waals surface area contributed by atoms with Crippen LogP contribution in [-0.4, -0.2) is 22.2 Å². The van der Waals surface area contributed by atoms with Crippen LogP contribution in [0.4, 0.5) is 4.39 Å². The summed E-state index contributed by atoms with van der Waals surface area (Å²) in [5, 5.41) is 9.17. The first-order valence-electron chi connectivity index (χ1n) is 4.06. The van der Waals surface area contributed by atoms with Crippen molar-refractivity contribution in [3.63, 3.8) is 0 Å². The molecule has 76 valence electrons. The van der Waals surface area contributed by atoms with E-state index in [4.69, 9.17) is 4.74 Å². The molecule has 0 bridgehead atoms. The van der Waals surface area contributed by atoms with E-state index >= 15 is 0 Å². The molecule has 1 aromatic rings. The van der Waals surface area contributed by atoms with Gasteiger partial charge in [-0.05, 0) is 13.8 Å². The molecule has 5 heteroatoms. The molecule has 0 fully saturated rings. The Balaban J connectivity index is 2.90. The molecule has 0 saturated heterocycles. The Hall–Kier alpha value is -1.65. The van der Waals surface area contributed by atoms with E-state index < -0.39 is 17.5 Å². The molecule has 0 spiro atoms. The minimum atomic E-state index is -0.766. The first-order chi connectivity index (χ1) is 6.50. The predicted octanol–water partition coefficient (Wildman–Crippen LogP) is 1.49. The van der Waals surface area contributed by atoms with Gasteiger partial charge in [-0.3, -0.25) is 0 Å². The molecule has 0 atom stereocenters. The van der Waals surface area contributed by atoms with Gasteiger partial charge < -0.3 is 9.84 Å². The lowest BCUT2D eigenvalue weighted by Crippen LogP contribution is -2.13. The van der Waals surface area contributed by atoms with Crippen LogP contribution in [0.3, 0.4) is 0 Å². The van der Waals surface area contributed by atoms with Crippen LogP contribution >= 0.6 is 0 Å². The van der Waals surface area contributed by atoms with Gasteiger partial charge in [0.1, 0.15) is 5.82 Å². The Bertz CT molecular complexity index is 352. The second-order valence-electron chi connectivity index (χ2n) is 2.98. The molecule has 1 aromatic heterocycles. The van der Waals surface area contributed by atoms with Gasteiger partial charge in [-0.25, -0.2) is 14.2 Å². The molecule has 0 unspecified atom stereocenters. The molecule has 0 radical (unpaired) electrons. The summed E-state index contributed by atoms with van der Waals surface area (Å²) in [6, 6.07) is 0.809. The van der Waals surface area contributed by atoms with Crippen LogP contribution in [0.15, 0.2) is 12.3 Å². The van der Waals surface area contributed by atoms with E-state index in [9.17, 15) is 14.3 Å². The van der Waals surface area contributed by atoms with Crippen molar-refractivity contribution in [2.24, 2.45) is 0 Å². The summed E-state index contributed by atoms with van der Waals surface area (Å²) in [4.78, 5) is 14.7. The smallest absolute Gasteiger partial charge is 0.361 e. The van der Waals surface area contributed by atoms with Crippen molar-refractivity contribution in [1.82, 2.24) is 4.98 Å². The van der Waals surface area contributed by atoms with Crippen LogP contribution in [0.2, 0.25) is 0 Å². The number of aromatic hydroxyl groups is 1. The maximum absolute atomic E-state index is 12.5. The minimum absolute atomic E-state index is 0.278. The molecule has 0 aliphatic heterocycles. The molecule has 1 heterocycles. The quantitative estimate of drug-likeness (QED) is 0.733. The van der Waals surface area contributed by atoms with Crippen molar-refractivity contribution in [2.45, 2.75) is 20.0 Å². The molecule has 0 aliphatic rings. The molecule has 0 amide bonds. The second kappa shape index (κ2) is 4.04. The molecular weight excluding hydrogens is 189 g/mol. The van der Waals surface area contributed by atoms with Gasteiger partial charge in [0.15, 0.2) is 11.4 Å². The zero-order chi connectivity index (χ0) is 10.7. The Morgan fingerprint density at radius 1 is 1.64 bits per heavy atom. The summed E-state index contributed by atoms with van der Waals surface area (Å²) < 4.78 is 17.3. The van der Waals surface area contributed by atoms with Crippen molar-refractivity contribution >= 4 is 5.97 Å². The van der Waals surface area contributed by atoms with Gasteiger partial charge in [-0.15, -0.1) is 0 Å². The number of carbonyl (C=O) groups excluding carboxylic acids is 1. The van der Waals surface area contributed by atoms with Gasteiger partial charge in [-0.1, -0.05) is 0 Å². The molecular formula is C9H10FNO3. The number of aromatic nitrogens is 1. The van der Waals surface area contributed by atoms with Crippen LogP contribution in [0.25, 0.3) is 0 Å². The highest BCUT2D eigenvalue weighted by Crippen LogP contribution is 2.16. The van der Waals surface area contributed by atoms with E-state index in [-0.39, 0.29) is 11.8 Å². The average molecular weight is 199 g/mol. The number of ether oxygens (including phenoxy) is 1. The van der Waals surface area contributed by atoms with Gasteiger partial charge in [0.25, 0.3) is 0 Å². The fraction of sp³-hybridized carbons (Fsp3) is 0.333. The van der Waals surface area contributed by atoms with E-state index in [2.05, 4.69) is 4.98 Å². The summed E-state index contributed by atoms with van der Waals surface area (Å²) in [7, 11) is 0. The number of hydrogen-bond acceptors (Lipinski definition) is 4. The zero-order valence-electron chi connectivity index (χ0n) is 7.82. The van der Waals surface area contributed by atoms with Gasteiger partial charge >= 0.3 is 5.97 Å². The van der Waals surface area contributed by atoms with E-state index in [1.807, 2.05) is 0 Å². The van der Waals surface area contributed by atoms with Crippen LogP contribution in [0, 0.1) is 5.82 Å². The first kappa shape index (κ1) is 10.4. The first-order valence-corrected chi connectivity index (χ1v) is 4.06. The Kier molecular flexibility index (Phi) is 3.01. The van der Waals surface area contributed by atoms with Gasteiger partial charge in [-0.2, -0.15) is 0 Å². The summed E-state index contributed by atoms with van der Waals surface area (Å²) in [6.45, 7) is 3.33. The lowest BCUT2D eigenvalue weighted by Gasteiger charge is -2.07. The Morgan fingerprint density at radius 3 is 2.79 bits per heavy atom. The van der Waals surface area contributed by atoms with Crippen molar-refractivity contribution in [2.75, 3.05) is 0 Å².